The van der Waals surface area contributed by atoms with Crippen LogP contribution in [0.4, 0.5) is 5.69 Å². The second kappa shape index (κ2) is 8.90. The summed E-state index contributed by atoms with van der Waals surface area (Å²) in [6.07, 6.45) is 6.39. The molecule has 1 aromatic heterocycles. The molecule has 2 saturated heterocycles. The number of hydrogen-bond acceptors (Lipinski definition) is 6. The monoisotopic (exact) mass is 397 g/mol. The Labute approximate surface area is 171 Å². The summed E-state index contributed by atoms with van der Waals surface area (Å²) in [6.45, 7) is 2.69. The van der Waals surface area contributed by atoms with Gasteiger partial charge in [-0.3, -0.25) is 14.7 Å². The van der Waals surface area contributed by atoms with Crippen LogP contribution in [0.2, 0.25) is 0 Å². The van der Waals surface area contributed by atoms with Crippen LogP contribution in [0.15, 0.2) is 48.8 Å². The zero-order valence-electron chi connectivity index (χ0n) is 16.7. The molecule has 1 spiro atoms. The lowest BCUT2D eigenvalue weighted by Gasteiger charge is -2.44. The fourth-order valence-corrected chi connectivity index (χ4v) is 4.16. The highest BCUT2D eigenvalue weighted by molar-refractivity contribution is 5.92. The van der Waals surface area contributed by atoms with Gasteiger partial charge in [0.2, 0.25) is 5.91 Å². The number of hydrogen-bond donors (Lipinski definition) is 1. The van der Waals surface area contributed by atoms with Gasteiger partial charge in [0, 0.05) is 38.7 Å². The maximum Gasteiger partial charge on any atom is 0.238 e. The molecule has 3 heterocycles. The van der Waals surface area contributed by atoms with E-state index in [-0.39, 0.29) is 17.6 Å². The van der Waals surface area contributed by atoms with Crippen LogP contribution in [-0.2, 0) is 14.3 Å². The molecule has 2 aromatic rings. The minimum absolute atomic E-state index is 0.00968. The second-order valence-corrected chi connectivity index (χ2v) is 7.59. The molecule has 7 nitrogen and oxygen atoms in total. The summed E-state index contributed by atoms with van der Waals surface area (Å²) in [7, 11) is 1.73. The highest BCUT2D eigenvalue weighted by atomic mass is 16.5. The predicted molar refractivity (Wildman–Crippen MR) is 109 cm³/mol. The number of ether oxygens (including phenoxy) is 3. The van der Waals surface area contributed by atoms with Crippen LogP contribution in [0.1, 0.15) is 19.3 Å². The van der Waals surface area contributed by atoms with Crippen LogP contribution in [0, 0.1) is 0 Å². The number of benzene rings is 1. The molecule has 1 aromatic carbocycles. The zero-order valence-corrected chi connectivity index (χ0v) is 16.7. The Kier molecular flexibility index (Phi) is 6.08. The number of rotatable bonds is 6. The SMILES string of the molecule is CO[C@@H]1CN(CC(=O)Nc2ccc(Oc3cccnc3)cc2)CC[C@]12CCCO2. The van der Waals surface area contributed by atoms with E-state index in [9.17, 15) is 4.79 Å². The number of piperidine rings is 1. The van der Waals surface area contributed by atoms with E-state index < -0.39 is 0 Å². The highest BCUT2D eigenvalue weighted by Crippen LogP contribution is 2.37. The number of pyridine rings is 1. The van der Waals surface area contributed by atoms with Gasteiger partial charge in [0.25, 0.3) is 0 Å². The van der Waals surface area contributed by atoms with Gasteiger partial charge in [-0.25, -0.2) is 0 Å². The van der Waals surface area contributed by atoms with Gasteiger partial charge < -0.3 is 19.5 Å². The normalized spacial score (nSPS) is 24.5. The molecular weight excluding hydrogens is 370 g/mol. The van der Waals surface area contributed by atoms with Crippen molar-refractivity contribution in [3.8, 4) is 11.5 Å². The molecule has 0 saturated carbocycles. The molecular formula is C22H27N3O4. The molecule has 4 rings (SSSR count). The number of amides is 1. The molecule has 0 radical (unpaired) electrons. The third kappa shape index (κ3) is 4.75. The number of anilines is 1. The van der Waals surface area contributed by atoms with Gasteiger partial charge in [-0.05, 0) is 55.7 Å². The third-order valence-electron chi connectivity index (χ3n) is 5.66. The van der Waals surface area contributed by atoms with Crippen LogP contribution in [-0.4, -0.2) is 60.8 Å². The van der Waals surface area contributed by atoms with E-state index in [0.29, 0.717) is 24.6 Å². The standard InChI is InChI=1S/C22H27N3O4/c1-27-20-15-25(12-10-22(20)9-3-13-28-22)16-21(26)24-17-5-7-18(8-6-17)29-19-4-2-11-23-14-19/h2,4-8,11,14,20H,3,9-10,12-13,15-16H2,1H3,(H,24,26)/t20-,22-/m1/s1. The van der Waals surface area contributed by atoms with Crippen molar-refractivity contribution < 1.29 is 19.0 Å². The van der Waals surface area contributed by atoms with Crippen molar-refractivity contribution in [1.29, 1.82) is 0 Å². The Morgan fingerprint density at radius 1 is 1.28 bits per heavy atom. The van der Waals surface area contributed by atoms with Gasteiger partial charge in [-0.2, -0.15) is 0 Å². The molecule has 0 aliphatic carbocycles. The van der Waals surface area contributed by atoms with Crippen molar-refractivity contribution in [2.24, 2.45) is 0 Å². The van der Waals surface area contributed by atoms with Crippen molar-refractivity contribution in [2.75, 3.05) is 38.7 Å². The average Bonchev–Trinajstić information content (AvgIpc) is 3.21. The maximum absolute atomic E-state index is 12.5. The Morgan fingerprint density at radius 3 is 2.83 bits per heavy atom. The van der Waals surface area contributed by atoms with Gasteiger partial charge in [-0.15, -0.1) is 0 Å². The van der Waals surface area contributed by atoms with Gasteiger partial charge in [0.05, 0.1) is 24.4 Å². The largest absolute Gasteiger partial charge is 0.456 e. The van der Waals surface area contributed by atoms with E-state index >= 15 is 0 Å². The van der Waals surface area contributed by atoms with Gasteiger partial charge in [0.15, 0.2) is 0 Å². The van der Waals surface area contributed by atoms with Gasteiger partial charge >= 0.3 is 0 Å². The summed E-state index contributed by atoms with van der Waals surface area (Å²) < 4.78 is 17.4. The van der Waals surface area contributed by atoms with Gasteiger partial charge in [-0.1, -0.05) is 0 Å². The molecule has 1 N–H and O–H groups in total. The summed E-state index contributed by atoms with van der Waals surface area (Å²) in [5.74, 6) is 1.33. The second-order valence-electron chi connectivity index (χ2n) is 7.59. The minimum atomic E-state index is -0.161. The maximum atomic E-state index is 12.5. The van der Waals surface area contributed by atoms with Crippen LogP contribution in [0.25, 0.3) is 0 Å². The number of nitrogens with one attached hydrogen (secondary N) is 1. The Balaban J connectivity index is 1.28. The number of likely N-dealkylation sites (tertiary alicyclic amines) is 1. The lowest BCUT2D eigenvalue weighted by Crippen LogP contribution is -2.57. The van der Waals surface area contributed by atoms with Crippen molar-refractivity contribution in [1.82, 2.24) is 9.88 Å². The minimum Gasteiger partial charge on any atom is -0.456 e. The number of carbonyl (C=O) groups excluding carboxylic acids is 1. The first-order chi connectivity index (χ1) is 14.2. The van der Waals surface area contributed by atoms with E-state index in [1.807, 2.05) is 36.4 Å². The molecule has 29 heavy (non-hydrogen) atoms. The quantitative estimate of drug-likeness (QED) is 0.808. The molecule has 7 heteroatoms. The van der Waals surface area contributed by atoms with Crippen LogP contribution < -0.4 is 10.1 Å². The van der Waals surface area contributed by atoms with Crippen molar-refractivity contribution >= 4 is 11.6 Å². The van der Waals surface area contributed by atoms with Crippen molar-refractivity contribution in [3.05, 3.63) is 48.8 Å². The fourth-order valence-electron chi connectivity index (χ4n) is 4.16. The average molecular weight is 397 g/mol. The lowest BCUT2D eigenvalue weighted by atomic mass is 9.86. The first-order valence-corrected chi connectivity index (χ1v) is 10.0. The first kappa shape index (κ1) is 19.8. The summed E-state index contributed by atoms with van der Waals surface area (Å²) >= 11 is 0. The molecule has 0 unspecified atom stereocenters. The summed E-state index contributed by atoms with van der Waals surface area (Å²) in [4.78, 5) is 18.7. The number of aromatic nitrogens is 1. The molecule has 2 fully saturated rings. The Morgan fingerprint density at radius 2 is 2.14 bits per heavy atom. The smallest absolute Gasteiger partial charge is 0.238 e. The summed E-state index contributed by atoms with van der Waals surface area (Å²) in [5.41, 5.74) is 0.579. The van der Waals surface area contributed by atoms with E-state index in [1.54, 1.807) is 19.5 Å². The predicted octanol–water partition coefficient (Wildman–Crippen LogP) is 3.08. The van der Waals surface area contributed by atoms with Gasteiger partial charge in [0.1, 0.15) is 11.5 Å². The molecule has 154 valence electrons. The van der Waals surface area contributed by atoms with Crippen LogP contribution >= 0.6 is 0 Å². The van der Waals surface area contributed by atoms with Crippen LogP contribution in [0.5, 0.6) is 11.5 Å². The zero-order chi connectivity index (χ0) is 20.1. The number of nitrogens with zero attached hydrogens (tertiary/aromatic N) is 2. The molecule has 0 bridgehead atoms. The van der Waals surface area contributed by atoms with E-state index in [1.165, 1.54) is 0 Å². The summed E-state index contributed by atoms with van der Waals surface area (Å²) in [5, 5.41) is 2.95. The molecule has 2 aliphatic rings. The lowest BCUT2D eigenvalue weighted by molar-refractivity contribution is -0.145. The summed E-state index contributed by atoms with van der Waals surface area (Å²) in [6, 6.07) is 11.0. The molecule has 2 aliphatic heterocycles. The van der Waals surface area contributed by atoms with E-state index in [4.69, 9.17) is 14.2 Å². The van der Waals surface area contributed by atoms with Crippen molar-refractivity contribution in [2.45, 2.75) is 31.0 Å². The Hall–Kier alpha value is -2.48. The van der Waals surface area contributed by atoms with Crippen molar-refractivity contribution in [3.63, 3.8) is 0 Å². The third-order valence-corrected chi connectivity index (χ3v) is 5.66. The van der Waals surface area contributed by atoms with E-state index in [0.717, 1.165) is 38.1 Å². The van der Waals surface area contributed by atoms with Crippen LogP contribution in [0.3, 0.4) is 0 Å². The number of carbonyl (C=O) groups is 1. The number of methoxy groups -OCH3 is 1. The van der Waals surface area contributed by atoms with E-state index in [2.05, 4.69) is 15.2 Å². The topological polar surface area (TPSA) is 72.9 Å². The molecule has 1 amide bonds. The molecule has 2 atom stereocenters. The first-order valence-electron chi connectivity index (χ1n) is 10.0. The Bertz CT molecular complexity index is 807. The fraction of sp³-hybridized carbons (Fsp3) is 0.455. The highest BCUT2D eigenvalue weighted by Gasteiger charge is 2.46.